The number of nitrogens with one attached hydrogen (secondary N) is 1. The molecule has 2 aromatic rings. The van der Waals surface area contributed by atoms with E-state index in [1.807, 2.05) is 4.90 Å². The first-order chi connectivity index (χ1) is 16.7. The highest BCUT2D eigenvalue weighted by atomic mass is 35.5. The molecule has 0 bridgehead atoms. The molecule has 0 saturated carbocycles. The minimum absolute atomic E-state index is 0.0544. The summed E-state index contributed by atoms with van der Waals surface area (Å²) < 4.78 is 5.19. The van der Waals surface area contributed by atoms with Crippen LogP contribution in [0, 0.1) is 28.9 Å². The lowest BCUT2D eigenvalue weighted by Crippen LogP contribution is -2.54. The number of imide groups is 1. The fourth-order valence-corrected chi connectivity index (χ4v) is 6.86. The van der Waals surface area contributed by atoms with E-state index in [0.29, 0.717) is 34.8 Å². The number of aryl methyl sites for hydroxylation is 1. The number of hydrogen-bond acceptors (Lipinski definition) is 7. The molecule has 0 aliphatic carbocycles. The molecule has 4 heterocycles. The molecule has 0 radical (unpaired) electrons. The first-order valence-corrected chi connectivity index (χ1v) is 11.7. The van der Waals surface area contributed by atoms with Crippen molar-refractivity contribution in [2.45, 2.75) is 31.3 Å². The lowest BCUT2D eigenvalue weighted by molar-refractivity contribution is -0.385. The van der Waals surface area contributed by atoms with Gasteiger partial charge in [-0.05, 0) is 37.9 Å². The largest absolute Gasteiger partial charge is 0.490 e. The number of nitrogens with zero attached hydrogens (tertiary/aromatic N) is 3. The average molecular weight is 497 g/mol. The average Bonchev–Trinajstić information content (AvgIpc) is 3.53. The van der Waals surface area contributed by atoms with Crippen molar-refractivity contribution in [2.75, 3.05) is 23.9 Å². The predicted octanol–water partition coefficient (Wildman–Crippen LogP) is 3.00. The number of benzene rings is 2. The number of carbonyl (C=O) groups excluding carboxylic acids is 3. The molecule has 1 spiro atoms. The third-order valence-electron chi connectivity index (χ3n) is 7.91. The number of nitro groups is 1. The monoisotopic (exact) mass is 496 g/mol. The van der Waals surface area contributed by atoms with Crippen molar-refractivity contribution in [3.8, 4) is 5.75 Å². The number of ether oxygens (including phenoxy) is 1. The van der Waals surface area contributed by atoms with Gasteiger partial charge in [0.05, 0.1) is 40.3 Å². The molecular weight excluding hydrogens is 476 g/mol. The van der Waals surface area contributed by atoms with Crippen molar-refractivity contribution in [3.05, 3.63) is 56.6 Å². The van der Waals surface area contributed by atoms with E-state index in [1.165, 1.54) is 19.2 Å². The Labute approximate surface area is 204 Å². The minimum atomic E-state index is -1.34. The van der Waals surface area contributed by atoms with Crippen LogP contribution in [-0.4, -0.2) is 47.2 Å². The second-order valence-corrected chi connectivity index (χ2v) is 9.78. The summed E-state index contributed by atoms with van der Waals surface area (Å²) in [5.74, 6) is -2.99. The summed E-state index contributed by atoms with van der Waals surface area (Å²) in [6.07, 6.45) is 1.48. The molecule has 3 fully saturated rings. The van der Waals surface area contributed by atoms with Crippen molar-refractivity contribution in [3.63, 3.8) is 0 Å². The number of halogens is 1. The molecule has 35 heavy (non-hydrogen) atoms. The van der Waals surface area contributed by atoms with Gasteiger partial charge in [0.1, 0.15) is 5.54 Å². The quantitative estimate of drug-likeness (QED) is 0.393. The Hall–Kier alpha value is -3.50. The van der Waals surface area contributed by atoms with Gasteiger partial charge < -0.3 is 10.1 Å². The molecule has 4 aliphatic rings. The van der Waals surface area contributed by atoms with E-state index in [9.17, 15) is 24.5 Å². The number of rotatable bonds is 3. The van der Waals surface area contributed by atoms with Gasteiger partial charge in [0, 0.05) is 23.7 Å². The molecule has 10 nitrogen and oxygen atoms in total. The maximum absolute atomic E-state index is 14.1. The van der Waals surface area contributed by atoms with Gasteiger partial charge in [-0.15, -0.1) is 0 Å². The highest BCUT2D eigenvalue weighted by Crippen LogP contribution is 2.61. The highest BCUT2D eigenvalue weighted by molar-refractivity contribution is 6.35. The third-order valence-corrected chi connectivity index (χ3v) is 8.23. The van der Waals surface area contributed by atoms with Crippen LogP contribution in [0.2, 0.25) is 5.02 Å². The number of hydrogen-bond donors (Lipinski definition) is 1. The summed E-state index contributed by atoms with van der Waals surface area (Å²) in [6, 6.07) is 7.57. The van der Waals surface area contributed by atoms with Crippen molar-refractivity contribution < 1.29 is 24.0 Å². The number of fused-ring (bicyclic) bond motifs is 7. The maximum Gasteiger partial charge on any atom is 0.311 e. The number of carbonyl (C=O) groups is 3. The van der Waals surface area contributed by atoms with E-state index in [2.05, 4.69) is 5.32 Å². The van der Waals surface area contributed by atoms with E-state index in [0.717, 1.165) is 11.3 Å². The zero-order valence-electron chi connectivity index (χ0n) is 18.9. The molecule has 0 aromatic heterocycles. The van der Waals surface area contributed by atoms with Crippen LogP contribution >= 0.6 is 11.6 Å². The highest BCUT2D eigenvalue weighted by Gasteiger charge is 2.74. The Morgan fingerprint density at radius 3 is 2.71 bits per heavy atom. The van der Waals surface area contributed by atoms with Crippen molar-refractivity contribution in [1.82, 2.24) is 4.90 Å². The fraction of sp³-hybridized carbons (Fsp3) is 0.375. The number of anilines is 2. The lowest BCUT2D eigenvalue weighted by Gasteiger charge is -2.36. The Balaban J connectivity index is 1.54. The summed E-state index contributed by atoms with van der Waals surface area (Å²) >= 11 is 6.40. The lowest BCUT2D eigenvalue weighted by atomic mass is 9.75. The van der Waals surface area contributed by atoms with Gasteiger partial charge in [0.15, 0.2) is 5.75 Å². The van der Waals surface area contributed by atoms with Crippen LogP contribution in [-0.2, 0) is 19.9 Å². The molecule has 180 valence electrons. The van der Waals surface area contributed by atoms with Gasteiger partial charge in [-0.3, -0.25) is 29.4 Å². The van der Waals surface area contributed by atoms with Crippen molar-refractivity contribution in [2.24, 2.45) is 11.8 Å². The summed E-state index contributed by atoms with van der Waals surface area (Å²) in [5.41, 5.74) is 0.0850. The first-order valence-electron chi connectivity index (χ1n) is 11.3. The normalized spacial score (nSPS) is 28.9. The number of methoxy groups -OCH3 is 1. The van der Waals surface area contributed by atoms with Gasteiger partial charge in [-0.2, -0.15) is 0 Å². The van der Waals surface area contributed by atoms with Crippen molar-refractivity contribution in [1.29, 1.82) is 0 Å². The number of nitro benzene ring substituents is 1. The van der Waals surface area contributed by atoms with Crippen LogP contribution in [0.4, 0.5) is 17.1 Å². The molecule has 3 amide bonds. The SMILES string of the molecule is COc1cc(N2C(=O)[C@H]3[C@@H](C2=O)[C@]2(C(=O)Nc4c(Cl)cccc42)N2CCC[C@@H]32)c(C)cc1[N+](=O)[O-]. The van der Waals surface area contributed by atoms with Gasteiger partial charge in [-0.25, -0.2) is 4.90 Å². The van der Waals surface area contributed by atoms with E-state index >= 15 is 0 Å². The Bertz CT molecular complexity index is 1360. The zero-order chi connectivity index (χ0) is 24.8. The van der Waals surface area contributed by atoms with Gasteiger partial charge in [0.25, 0.3) is 5.91 Å². The first kappa shape index (κ1) is 22.0. The summed E-state index contributed by atoms with van der Waals surface area (Å²) in [4.78, 5) is 55.6. The van der Waals surface area contributed by atoms with Gasteiger partial charge in [-0.1, -0.05) is 23.7 Å². The van der Waals surface area contributed by atoms with E-state index in [-0.39, 0.29) is 29.1 Å². The molecule has 0 unspecified atom stereocenters. The summed E-state index contributed by atoms with van der Waals surface area (Å²) in [7, 11) is 1.29. The van der Waals surface area contributed by atoms with Crippen LogP contribution in [0.5, 0.6) is 5.75 Å². The van der Waals surface area contributed by atoms with Gasteiger partial charge in [0.2, 0.25) is 11.8 Å². The molecule has 4 atom stereocenters. The topological polar surface area (TPSA) is 122 Å². The molecule has 4 aliphatic heterocycles. The van der Waals surface area contributed by atoms with Crippen LogP contribution in [0.25, 0.3) is 0 Å². The Morgan fingerprint density at radius 1 is 1.23 bits per heavy atom. The molecule has 2 aromatic carbocycles. The predicted molar refractivity (Wildman–Crippen MR) is 125 cm³/mol. The zero-order valence-corrected chi connectivity index (χ0v) is 19.7. The summed E-state index contributed by atoms with van der Waals surface area (Å²) in [5, 5.41) is 14.7. The molecule has 11 heteroatoms. The third kappa shape index (κ3) is 2.55. The second kappa shape index (κ2) is 7.25. The van der Waals surface area contributed by atoms with Crippen LogP contribution in [0.15, 0.2) is 30.3 Å². The van der Waals surface area contributed by atoms with Crippen LogP contribution in [0.3, 0.4) is 0 Å². The molecule has 6 rings (SSSR count). The van der Waals surface area contributed by atoms with Gasteiger partial charge >= 0.3 is 5.69 Å². The molecule has 1 N–H and O–H groups in total. The standard InChI is InChI=1S/C24H21ClN4O6/c1-11-9-16(29(33)34)17(35-2)10-15(11)28-21(30)18-14-7-4-8-27(14)24(19(18)22(28)31)12-5-3-6-13(25)20(12)26-23(24)32/h3,5-6,9-10,14,18-19H,4,7-8H2,1-2H3,(H,26,32)/t14-,18+,19-,24+/m0/s1. The smallest absolute Gasteiger partial charge is 0.311 e. The Morgan fingerprint density at radius 2 is 2.00 bits per heavy atom. The van der Waals surface area contributed by atoms with E-state index in [1.54, 1.807) is 25.1 Å². The van der Waals surface area contributed by atoms with Crippen molar-refractivity contribution >= 4 is 46.4 Å². The second-order valence-electron chi connectivity index (χ2n) is 9.37. The number of para-hydroxylation sites is 1. The number of amides is 3. The summed E-state index contributed by atoms with van der Waals surface area (Å²) in [6.45, 7) is 2.19. The fourth-order valence-electron chi connectivity index (χ4n) is 6.64. The Kier molecular flexibility index (Phi) is 4.56. The maximum atomic E-state index is 14.1. The minimum Gasteiger partial charge on any atom is -0.490 e. The van der Waals surface area contributed by atoms with E-state index in [4.69, 9.17) is 16.3 Å². The van der Waals surface area contributed by atoms with Crippen LogP contribution in [0.1, 0.15) is 24.0 Å². The van der Waals surface area contributed by atoms with Crippen LogP contribution < -0.4 is 15.0 Å². The van der Waals surface area contributed by atoms with E-state index < -0.39 is 34.1 Å². The molecular formula is C24H21ClN4O6. The molecule has 3 saturated heterocycles.